The molecule has 0 heterocycles. The molecule has 0 aromatic heterocycles. The third-order valence-corrected chi connectivity index (χ3v) is 3.61. The van der Waals surface area contributed by atoms with Gasteiger partial charge in [0.15, 0.2) is 0 Å². The molecule has 1 nitrogen and oxygen atoms in total. The average molecular weight is 360 g/mol. The van der Waals surface area contributed by atoms with Crippen molar-refractivity contribution in [1.29, 1.82) is 0 Å². The number of carbonyl (C=O) groups is 1. The second-order valence-corrected chi connectivity index (χ2v) is 5.15. The topological polar surface area (TPSA) is 17.1 Å². The maximum absolute atomic E-state index is 10.0. The average Bonchev–Trinajstić information content (AvgIpc) is 2.49. The summed E-state index contributed by atoms with van der Waals surface area (Å²) in [5, 5.41) is 2.66. The highest BCUT2D eigenvalue weighted by molar-refractivity contribution is 14.1. The zero-order valence-corrected chi connectivity index (χ0v) is 12.4. The molecule has 0 saturated heterocycles. The molecule has 0 aliphatic rings. The Morgan fingerprint density at radius 3 is 2.00 bits per heavy atom. The van der Waals surface area contributed by atoms with Crippen LogP contribution >= 0.6 is 22.6 Å². The first kappa shape index (κ1) is 13.7. The number of benzene rings is 3. The number of hydrogen-bond donors (Lipinski definition) is 0. The maximum atomic E-state index is 10.0. The molecule has 0 aliphatic heterocycles. The third-order valence-electron chi connectivity index (χ3n) is 2.67. The van der Waals surface area contributed by atoms with Crippen molar-refractivity contribution in [2.45, 2.75) is 0 Å². The molecular weight excluding hydrogens is 347 g/mol. The van der Waals surface area contributed by atoms with Crippen LogP contribution in [-0.2, 0) is 0 Å². The number of halogens is 1. The van der Waals surface area contributed by atoms with Crippen molar-refractivity contribution in [3.8, 4) is 0 Å². The molecule has 2 heteroatoms. The van der Waals surface area contributed by atoms with E-state index in [4.69, 9.17) is 0 Å². The molecule has 94 valence electrons. The van der Waals surface area contributed by atoms with Gasteiger partial charge in [-0.15, -0.1) is 0 Å². The van der Waals surface area contributed by atoms with Crippen molar-refractivity contribution in [2.75, 3.05) is 0 Å². The second-order valence-electron chi connectivity index (χ2n) is 3.99. The van der Waals surface area contributed by atoms with Gasteiger partial charge in [-0.1, -0.05) is 66.7 Å². The zero-order valence-electron chi connectivity index (χ0n) is 10.3. The second kappa shape index (κ2) is 7.04. The number of hydrogen-bond acceptors (Lipinski definition) is 1. The van der Waals surface area contributed by atoms with E-state index in [1.54, 1.807) is 12.1 Å². The lowest BCUT2D eigenvalue weighted by Crippen LogP contribution is -1.74. The van der Waals surface area contributed by atoms with Gasteiger partial charge in [-0.3, -0.25) is 4.79 Å². The summed E-state index contributed by atoms with van der Waals surface area (Å²) in [6.45, 7) is 0. The molecule has 3 aromatic carbocycles. The van der Waals surface area contributed by atoms with Crippen LogP contribution in [0, 0.1) is 3.57 Å². The summed E-state index contributed by atoms with van der Waals surface area (Å²) in [6.07, 6.45) is 0.833. The van der Waals surface area contributed by atoms with E-state index in [-0.39, 0.29) is 0 Å². The minimum absolute atomic E-state index is 0.729. The van der Waals surface area contributed by atoms with Gasteiger partial charge < -0.3 is 0 Å². The Hall–Kier alpha value is -1.68. The highest BCUT2D eigenvalue weighted by Crippen LogP contribution is 2.19. The van der Waals surface area contributed by atoms with Gasteiger partial charge in [0.2, 0.25) is 0 Å². The summed E-state index contributed by atoms with van der Waals surface area (Å²) in [5.41, 5.74) is 0.729. The van der Waals surface area contributed by atoms with E-state index in [9.17, 15) is 4.79 Å². The molecular formula is C17H13IO. The van der Waals surface area contributed by atoms with Crippen LogP contribution in [0.1, 0.15) is 10.4 Å². The highest BCUT2D eigenvalue weighted by atomic mass is 127. The third kappa shape index (κ3) is 3.89. The van der Waals surface area contributed by atoms with Crippen LogP contribution in [0.3, 0.4) is 0 Å². The van der Waals surface area contributed by atoms with Crippen molar-refractivity contribution >= 4 is 39.6 Å². The van der Waals surface area contributed by atoms with E-state index in [1.165, 1.54) is 14.3 Å². The van der Waals surface area contributed by atoms with Gasteiger partial charge in [0, 0.05) is 9.13 Å². The minimum Gasteiger partial charge on any atom is -0.298 e. The van der Waals surface area contributed by atoms with E-state index in [1.807, 2.05) is 18.2 Å². The normalized spacial score (nSPS) is 9.53. The number of rotatable bonds is 1. The number of carbonyl (C=O) groups excluding carboxylic acids is 1. The maximum Gasteiger partial charge on any atom is 0.150 e. The van der Waals surface area contributed by atoms with Gasteiger partial charge >= 0.3 is 0 Å². The number of aldehydes is 1. The van der Waals surface area contributed by atoms with Crippen LogP contribution in [0.25, 0.3) is 10.8 Å². The van der Waals surface area contributed by atoms with E-state index in [0.29, 0.717) is 0 Å². The highest BCUT2D eigenvalue weighted by Gasteiger charge is 1.93. The van der Waals surface area contributed by atoms with E-state index in [2.05, 4.69) is 65.1 Å². The largest absolute Gasteiger partial charge is 0.298 e. The molecule has 0 fully saturated rings. The van der Waals surface area contributed by atoms with Crippen LogP contribution in [0.15, 0.2) is 72.8 Å². The molecule has 0 N–H and O–H groups in total. The predicted molar refractivity (Wildman–Crippen MR) is 88.5 cm³/mol. The molecule has 0 atom stereocenters. The number of fused-ring (bicyclic) bond motifs is 1. The van der Waals surface area contributed by atoms with Crippen molar-refractivity contribution in [1.82, 2.24) is 0 Å². The molecule has 0 spiro atoms. The molecule has 0 radical (unpaired) electrons. The summed E-state index contributed by atoms with van der Waals surface area (Å²) in [5.74, 6) is 0. The molecule has 0 aliphatic carbocycles. The Bertz CT molecular complexity index is 657. The van der Waals surface area contributed by atoms with Gasteiger partial charge in [0.1, 0.15) is 6.29 Å². The fraction of sp³-hybridized carbons (Fsp3) is 0. The molecule has 0 amide bonds. The van der Waals surface area contributed by atoms with E-state index >= 15 is 0 Å². The predicted octanol–water partition coefficient (Wildman–Crippen LogP) is 4.94. The van der Waals surface area contributed by atoms with Crippen LogP contribution < -0.4 is 0 Å². The van der Waals surface area contributed by atoms with Gasteiger partial charge in [0.25, 0.3) is 0 Å². The molecule has 3 rings (SSSR count). The Balaban J connectivity index is 0.000000148. The molecule has 3 aromatic rings. The van der Waals surface area contributed by atoms with Gasteiger partial charge in [0.05, 0.1) is 0 Å². The molecule has 0 saturated carbocycles. The summed E-state index contributed by atoms with van der Waals surface area (Å²) in [4.78, 5) is 10.0. The summed E-state index contributed by atoms with van der Waals surface area (Å²) in [7, 11) is 0. The molecule has 19 heavy (non-hydrogen) atoms. The fourth-order valence-electron chi connectivity index (χ4n) is 1.72. The smallest absolute Gasteiger partial charge is 0.150 e. The zero-order chi connectivity index (χ0) is 13.5. The summed E-state index contributed by atoms with van der Waals surface area (Å²) >= 11 is 2.36. The van der Waals surface area contributed by atoms with Gasteiger partial charge in [-0.05, 0) is 39.4 Å². The monoisotopic (exact) mass is 360 g/mol. The molecule has 0 bridgehead atoms. The quantitative estimate of drug-likeness (QED) is 0.444. The lowest BCUT2D eigenvalue weighted by atomic mass is 10.1. The molecule has 0 unspecified atom stereocenters. The van der Waals surface area contributed by atoms with Crippen LogP contribution in [0.4, 0.5) is 0 Å². The van der Waals surface area contributed by atoms with E-state index < -0.39 is 0 Å². The van der Waals surface area contributed by atoms with Crippen LogP contribution in [-0.4, -0.2) is 6.29 Å². The van der Waals surface area contributed by atoms with Crippen molar-refractivity contribution < 1.29 is 4.79 Å². The Labute approximate surface area is 126 Å². The fourth-order valence-corrected chi connectivity index (χ4v) is 2.42. The SMILES string of the molecule is Ic1cccc2ccccc12.O=Cc1ccccc1. The first-order chi connectivity index (χ1) is 9.31. The van der Waals surface area contributed by atoms with E-state index in [0.717, 1.165) is 11.8 Å². The Kier molecular flexibility index (Phi) is 5.10. The standard InChI is InChI=1S/C10H7I.C7H6O/c11-10-7-3-5-8-4-1-2-6-9(8)10;8-6-7-4-2-1-3-5-7/h1-7H;1-6H. The Morgan fingerprint density at radius 1 is 0.737 bits per heavy atom. The van der Waals surface area contributed by atoms with Crippen LogP contribution in [0.5, 0.6) is 0 Å². The lowest BCUT2D eigenvalue weighted by Gasteiger charge is -1.97. The Morgan fingerprint density at radius 2 is 1.37 bits per heavy atom. The van der Waals surface area contributed by atoms with Crippen molar-refractivity contribution in [3.05, 3.63) is 81.9 Å². The summed E-state index contributed by atoms with van der Waals surface area (Å²) in [6, 6.07) is 23.9. The van der Waals surface area contributed by atoms with Crippen molar-refractivity contribution in [3.63, 3.8) is 0 Å². The first-order valence-electron chi connectivity index (χ1n) is 5.95. The first-order valence-corrected chi connectivity index (χ1v) is 7.02. The lowest BCUT2D eigenvalue weighted by molar-refractivity contribution is 0.112. The minimum atomic E-state index is 0.729. The van der Waals surface area contributed by atoms with Crippen molar-refractivity contribution in [2.24, 2.45) is 0 Å². The van der Waals surface area contributed by atoms with Gasteiger partial charge in [-0.2, -0.15) is 0 Å². The van der Waals surface area contributed by atoms with Crippen LogP contribution in [0.2, 0.25) is 0 Å². The van der Waals surface area contributed by atoms with Gasteiger partial charge in [-0.25, -0.2) is 0 Å². The summed E-state index contributed by atoms with van der Waals surface area (Å²) < 4.78 is 1.32.